The van der Waals surface area contributed by atoms with Crippen molar-refractivity contribution in [3.05, 3.63) is 65.2 Å². The number of aryl methyl sites for hydroxylation is 2. The van der Waals surface area contributed by atoms with E-state index in [-0.39, 0.29) is 11.9 Å². The number of anilines is 1. The van der Waals surface area contributed by atoms with Crippen molar-refractivity contribution in [3.63, 3.8) is 0 Å². The maximum atomic E-state index is 12.9. The number of nitrogens with one attached hydrogen (secondary N) is 1. The molecule has 0 saturated carbocycles. The molecule has 0 aromatic heterocycles. The van der Waals surface area contributed by atoms with Gasteiger partial charge in [-0.15, -0.1) is 0 Å². The normalized spacial score (nSPS) is 13.7. The zero-order valence-electron chi connectivity index (χ0n) is 16.6. The third-order valence-corrected chi connectivity index (χ3v) is 5.73. The average molecular weight is 389 g/mol. The molecule has 1 N–H and O–H groups in total. The van der Waals surface area contributed by atoms with Crippen LogP contribution in [-0.4, -0.2) is 26.6 Å². The van der Waals surface area contributed by atoms with Crippen molar-refractivity contribution in [2.24, 2.45) is 0 Å². The lowest BCUT2D eigenvalue weighted by Crippen LogP contribution is -2.49. The summed E-state index contributed by atoms with van der Waals surface area (Å²) in [6.45, 7) is 7.65. The van der Waals surface area contributed by atoms with Crippen LogP contribution in [0.25, 0.3) is 0 Å². The second kappa shape index (κ2) is 8.57. The monoisotopic (exact) mass is 388 g/mol. The van der Waals surface area contributed by atoms with E-state index >= 15 is 0 Å². The minimum Gasteiger partial charge on any atom is -0.348 e. The van der Waals surface area contributed by atoms with Gasteiger partial charge in [0.2, 0.25) is 15.9 Å². The summed E-state index contributed by atoms with van der Waals surface area (Å²) in [5.41, 5.74) is 3.64. The van der Waals surface area contributed by atoms with E-state index in [1.165, 1.54) is 4.31 Å². The number of nitrogens with zero attached hydrogens (tertiary/aromatic N) is 1. The highest BCUT2D eigenvalue weighted by Crippen LogP contribution is 2.24. The smallest absolute Gasteiger partial charge is 0.244 e. The van der Waals surface area contributed by atoms with Gasteiger partial charge in [-0.2, -0.15) is 0 Å². The van der Waals surface area contributed by atoms with Crippen LogP contribution in [0.3, 0.4) is 0 Å². The first-order valence-corrected chi connectivity index (χ1v) is 10.9. The standard InChI is InChI=1S/C21H28N2O3S/c1-6-20(21(24)22-17(4)18-11-7-15(2)8-12-18)23(27(5,25)26)19-13-9-16(3)10-14-19/h7-14,17,20H,6H2,1-5H3,(H,22,24)/t17-,20-/m1/s1. The number of amides is 1. The van der Waals surface area contributed by atoms with Gasteiger partial charge in [0, 0.05) is 0 Å². The Kier molecular flexibility index (Phi) is 6.65. The number of carbonyl (C=O) groups is 1. The zero-order chi connectivity index (χ0) is 20.2. The van der Waals surface area contributed by atoms with Crippen LogP contribution in [0.2, 0.25) is 0 Å². The van der Waals surface area contributed by atoms with E-state index in [1.54, 1.807) is 12.1 Å². The lowest BCUT2D eigenvalue weighted by molar-refractivity contribution is -0.122. The molecule has 0 radical (unpaired) electrons. The minimum absolute atomic E-state index is 0.216. The Morgan fingerprint density at radius 1 is 1.00 bits per heavy atom. The number of carbonyl (C=O) groups excluding carboxylic acids is 1. The SMILES string of the molecule is CC[C@H](C(=O)N[C@H](C)c1ccc(C)cc1)N(c1ccc(C)cc1)S(C)(=O)=O. The first-order chi connectivity index (χ1) is 12.6. The molecule has 0 saturated heterocycles. The molecule has 2 rings (SSSR count). The van der Waals surface area contributed by atoms with Gasteiger partial charge in [0.1, 0.15) is 6.04 Å². The van der Waals surface area contributed by atoms with Gasteiger partial charge in [-0.1, -0.05) is 54.4 Å². The summed E-state index contributed by atoms with van der Waals surface area (Å²) in [5, 5.41) is 2.96. The summed E-state index contributed by atoms with van der Waals surface area (Å²) in [6.07, 6.45) is 1.50. The molecular formula is C21H28N2O3S. The number of hydrogen-bond acceptors (Lipinski definition) is 3. The van der Waals surface area contributed by atoms with Gasteiger partial charge < -0.3 is 5.32 Å². The summed E-state index contributed by atoms with van der Waals surface area (Å²) in [4.78, 5) is 12.9. The van der Waals surface area contributed by atoms with Gasteiger partial charge in [0.05, 0.1) is 18.0 Å². The molecule has 2 aromatic carbocycles. The van der Waals surface area contributed by atoms with Gasteiger partial charge >= 0.3 is 0 Å². The molecular weight excluding hydrogens is 360 g/mol. The zero-order valence-corrected chi connectivity index (χ0v) is 17.4. The average Bonchev–Trinajstić information content (AvgIpc) is 2.60. The van der Waals surface area contributed by atoms with Crippen LogP contribution in [0.4, 0.5) is 5.69 Å². The van der Waals surface area contributed by atoms with Gasteiger partial charge in [-0.3, -0.25) is 9.10 Å². The van der Waals surface area contributed by atoms with Crippen molar-refractivity contribution in [1.29, 1.82) is 0 Å². The molecule has 6 heteroatoms. The van der Waals surface area contributed by atoms with Gasteiger partial charge in [-0.25, -0.2) is 8.42 Å². The third-order valence-electron chi connectivity index (χ3n) is 4.55. The Morgan fingerprint density at radius 2 is 1.48 bits per heavy atom. The maximum absolute atomic E-state index is 12.9. The van der Waals surface area contributed by atoms with Crippen LogP contribution in [0.5, 0.6) is 0 Å². The van der Waals surface area contributed by atoms with E-state index in [9.17, 15) is 13.2 Å². The third kappa shape index (κ3) is 5.32. The fraction of sp³-hybridized carbons (Fsp3) is 0.381. The molecule has 27 heavy (non-hydrogen) atoms. The summed E-state index contributed by atoms with van der Waals surface area (Å²) in [6, 6.07) is 14.0. The lowest BCUT2D eigenvalue weighted by Gasteiger charge is -2.31. The quantitative estimate of drug-likeness (QED) is 0.786. The van der Waals surface area contributed by atoms with Crippen molar-refractivity contribution in [2.75, 3.05) is 10.6 Å². The molecule has 5 nitrogen and oxygen atoms in total. The summed E-state index contributed by atoms with van der Waals surface area (Å²) in [7, 11) is -3.62. The van der Waals surface area contributed by atoms with Crippen molar-refractivity contribution in [2.45, 2.75) is 46.2 Å². The van der Waals surface area contributed by atoms with Crippen LogP contribution in [-0.2, 0) is 14.8 Å². The number of sulfonamides is 1. The Hall–Kier alpha value is -2.34. The Bertz CT molecular complexity index is 875. The molecule has 0 bridgehead atoms. The first kappa shape index (κ1) is 21.0. The van der Waals surface area contributed by atoms with Crippen molar-refractivity contribution in [1.82, 2.24) is 5.32 Å². The molecule has 0 aliphatic heterocycles. The van der Waals surface area contributed by atoms with E-state index in [2.05, 4.69) is 5.32 Å². The molecule has 0 spiro atoms. The van der Waals surface area contributed by atoms with Crippen LogP contribution in [0, 0.1) is 13.8 Å². The predicted molar refractivity (Wildman–Crippen MR) is 110 cm³/mol. The van der Waals surface area contributed by atoms with Gasteiger partial charge in [0.15, 0.2) is 0 Å². The van der Waals surface area contributed by atoms with E-state index in [0.29, 0.717) is 12.1 Å². The lowest BCUT2D eigenvalue weighted by atomic mass is 10.1. The van der Waals surface area contributed by atoms with Crippen LogP contribution in [0.15, 0.2) is 48.5 Å². The van der Waals surface area contributed by atoms with Crippen molar-refractivity contribution >= 4 is 21.6 Å². The number of hydrogen-bond donors (Lipinski definition) is 1. The molecule has 2 atom stereocenters. The molecule has 2 aromatic rings. The van der Waals surface area contributed by atoms with E-state index < -0.39 is 16.1 Å². The first-order valence-electron chi connectivity index (χ1n) is 9.06. The summed E-state index contributed by atoms with van der Waals surface area (Å²) in [5.74, 6) is -0.309. The van der Waals surface area contributed by atoms with E-state index in [4.69, 9.17) is 0 Å². The second-order valence-electron chi connectivity index (χ2n) is 6.96. The van der Waals surface area contributed by atoms with Crippen LogP contribution >= 0.6 is 0 Å². The summed E-state index contributed by atoms with van der Waals surface area (Å²) >= 11 is 0. The highest BCUT2D eigenvalue weighted by molar-refractivity contribution is 7.92. The van der Waals surface area contributed by atoms with Crippen LogP contribution in [0.1, 0.15) is 43.0 Å². The molecule has 0 aliphatic carbocycles. The Labute approximate surface area is 162 Å². The van der Waals surface area contributed by atoms with E-state index in [1.807, 2.05) is 64.1 Å². The highest BCUT2D eigenvalue weighted by atomic mass is 32.2. The summed E-state index contributed by atoms with van der Waals surface area (Å²) < 4.78 is 26.1. The van der Waals surface area contributed by atoms with Crippen molar-refractivity contribution in [3.8, 4) is 0 Å². The molecule has 0 aliphatic rings. The number of rotatable bonds is 7. The largest absolute Gasteiger partial charge is 0.348 e. The molecule has 146 valence electrons. The number of benzene rings is 2. The minimum atomic E-state index is -3.62. The fourth-order valence-corrected chi connectivity index (χ4v) is 4.21. The molecule has 0 unspecified atom stereocenters. The van der Waals surface area contributed by atoms with E-state index in [0.717, 1.165) is 22.9 Å². The predicted octanol–water partition coefficient (Wildman–Crippen LogP) is 3.73. The topological polar surface area (TPSA) is 66.5 Å². The van der Waals surface area contributed by atoms with Crippen molar-refractivity contribution < 1.29 is 13.2 Å². The molecule has 1 amide bonds. The Balaban J connectivity index is 2.28. The highest BCUT2D eigenvalue weighted by Gasteiger charge is 2.32. The molecule has 0 fully saturated rings. The van der Waals surface area contributed by atoms with Gasteiger partial charge in [0.25, 0.3) is 0 Å². The maximum Gasteiger partial charge on any atom is 0.244 e. The molecule has 0 heterocycles. The fourth-order valence-electron chi connectivity index (χ4n) is 3.00. The Morgan fingerprint density at radius 3 is 1.93 bits per heavy atom. The van der Waals surface area contributed by atoms with Crippen LogP contribution < -0.4 is 9.62 Å². The van der Waals surface area contributed by atoms with Gasteiger partial charge in [-0.05, 0) is 44.9 Å². The second-order valence-corrected chi connectivity index (χ2v) is 8.82.